The molecule has 0 N–H and O–H groups in total. The van der Waals surface area contributed by atoms with Crippen molar-refractivity contribution in [3.05, 3.63) is 30.1 Å². The van der Waals surface area contributed by atoms with Gasteiger partial charge in [-0.1, -0.05) is 25.0 Å². The van der Waals surface area contributed by atoms with Gasteiger partial charge in [0.1, 0.15) is 12.4 Å². The molecule has 1 saturated heterocycles. The van der Waals surface area contributed by atoms with Crippen LogP contribution in [0.25, 0.3) is 11.0 Å². The van der Waals surface area contributed by atoms with Crippen LogP contribution in [0.4, 0.5) is 0 Å². The minimum absolute atomic E-state index is 0.256. The summed E-state index contributed by atoms with van der Waals surface area (Å²) in [7, 11) is 0. The Bertz CT molecular complexity index is 679. The number of para-hydroxylation sites is 2. The number of rotatable bonds is 3. The molecule has 4 rings (SSSR count). The van der Waals surface area contributed by atoms with Crippen molar-refractivity contribution in [1.29, 1.82) is 0 Å². The van der Waals surface area contributed by atoms with Crippen molar-refractivity contribution >= 4 is 16.9 Å². The zero-order valence-electron chi connectivity index (χ0n) is 13.0. The van der Waals surface area contributed by atoms with Gasteiger partial charge in [-0.3, -0.25) is 4.79 Å². The zero-order chi connectivity index (χ0) is 14.9. The van der Waals surface area contributed by atoms with Crippen LogP contribution in [0.1, 0.15) is 50.3 Å². The number of nitrogens with zero attached hydrogens (tertiary/aromatic N) is 3. The Hall–Kier alpha value is -1.84. The van der Waals surface area contributed by atoms with Crippen LogP contribution in [-0.4, -0.2) is 33.4 Å². The molecule has 1 amide bonds. The summed E-state index contributed by atoms with van der Waals surface area (Å²) in [5.74, 6) is 1.93. The smallest absolute Gasteiger partial charge is 0.242 e. The highest BCUT2D eigenvalue weighted by Crippen LogP contribution is 2.40. The van der Waals surface area contributed by atoms with Crippen molar-refractivity contribution in [3.8, 4) is 0 Å². The van der Waals surface area contributed by atoms with Crippen molar-refractivity contribution in [2.24, 2.45) is 0 Å². The quantitative estimate of drug-likeness (QED) is 0.871. The first-order valence-corrected chi connectivity index (χ1v) is 8.56. The largest absolute Gasteiger partial charge is 0.341 e. The Morgan fingerprint density at radius 2 is 1.82 bits per heavy atom. The molecular formula is C18H23N3O. The third-order valence-electron chi connectivity index (χ3n) is 4.88. The first kappa shape index (κ1) is 13.8. The van der Waals surface area contributed by atoms with Crippen LogP contribution in [0.5, 0.6) is 0 Å². The van der Waals surface area contributed by atoms with Crippen LogP contribution in [0.2, 0.25) is 0 Å². The van der Waals surface area contributed by atoms with Gasteiger partial charge in [-0.25, -0.2) is 4.98 Å². The first-order valence-electron chi connectivity index (χ1n) is 8.56. The monoisotopic (exact) mass is 297 g/mol. The van der Waals surface area contributed by atoms with Gasteiger partial charge < -0.3 is 9.47 Å². The van der Waals surface area contributed by atoms with Crippen LogP contribution >= 0.6 is 0 Å². The number of hydrogen-bond donors (Lipinski definition) is 0. The van der Waals surface area contributed by atoms with Gasteiger partial charge in [0, 0.05) is 19.0 Å². The van der Waals surface area contributed by atoms with E-state index in [1.165, 1.54) is 25.7 Å². The molecule has 1 saturated carbocycles. The molecule has 4 nitrogen and oxygen atoms in total. The van der Waals surface area contributed by atoms with Crippen molar-refractivity contribution in [2.75, 3.05) is 13.1 Å². The molecule has 1 aliphatic heterocycles. The number of likely N-dealkylation sites (tertiary alicyclic amines) is 1. The normalized spacial score (nSPS) is 19.4. The number of carbonyl (C=O) groups excluding carboxylic acids is 1. The Morgan fingerprint density at radius 1 is 1.09 bits per heavy atom. The standard InChI is InChI=1S/C18H23N3O/c22-17(20-11-5-1-2-6-12-20)13-21-16-8-4-3-7-15(16)19-18(21)14-9-10-14/h3-4,7-8,14H,1-2,5-6,9-13H2. The van der Waals surface area contributed by atoms with Gasteiger partial charge >= 0.3 is 0 Å². The fraction of sp³-hybridized carbons (Fsp3) is 0.556. The molecule has 2 aromatic rings. The summed E-state index contributed by atoms with van der Waals surface area (Å²) in [5, 5.41) is 0. The fourth-order valence-corrected chi connectivity index (χ4v) is 3.47. The van der Waals surface area contributed by atoms with Crippen molar-refractivity contribution in [2.45, 2.75) is 51.0 Å². The molecule has 2 heterocycles. The maximum atomic E-state index is 12.7. The average Bonchev–Trinajstić information content (AvgIpc) is 3.35. The van der Waals surface area contributed by atoms with Crippen LogP contribution in [-0.2, 0) is 11.3 Å². The molecule has 0 spiro atoms. The second kappa shape index (κ2) is 5.75. The maximum Gasteiger partial charge on any atom is 0.242 e. The summed E-state index contributed by atoms with van der Waals surface area (Å²) in [6, 6.07) is 8.19. The third-order valence-corrected chi connectivity index (χ3v) is 4.88. The predicted molar refractivity (Wildman–Crippen MR) is 86.8 cm³/mol. The van der Waals surface area contributed by atoms with Gasteiger partial charge in [0.25, 0.3) is 0 Å². The predicted octanol–water partition coefficient (Wildman–Crippen LogP) is 3.32. The lowest BCUT2D eigenvalue weighted by molar-refractivity contribution is -0.131. The molecule has 0 atom stereocenters. The molecule has 116 valence electrons. The highest BCUT2D eigenvalue weighted by Gasteiger charge is 2.30. The van der Waals surface area contributed by atoms with Gasteiger partial charge in [0.2, 0.25) is 5.91 Å². The van der Waals surface area contributed by atoms with E-state index in [0.717, 1.165) is 42.8 Å². The van der Waals surface area contributed by atoms with E-state index in [2.05, 4.69) is 15.5 Å². The van der Waals surface area contributed by atoms with Crippen LogP contribution in [0, 0.1) is 0 Å². The molecule has 1 aromatic heterocycles. The van der Waals surface area contributed by atoms with Gasteiger partial charge in [-0.05, 0) is 37.8 Å². The Labute approximate surface area is 131 Å². The van der Waals surface area contributed by atoms with Crippen molar-refractivity contribution in [3.63, 3.8) is 0 Å². The van der Waals surface area contributed by atoms with Crippen LogP contribution in [0.15, 0.2) is 24.3 Å². The van der Waals surface area contributed by atoms with Gasteiger partial charge in [0.05, 0.1) is 11.0 Å². The van der Waals surface area contributed by atoms with Crippen molar-refractivity contribution < 1.29 is 4.79 Å². The Morgan fingerprint density at radius 3 is 2.55 bits per heavy atom. The molecule has 4 heteroatoms. The van der Waals surface area contributed by atoms with Gasteiger partial charge in [-0.2, -0.15) is 0 Å². The lowest BCUT2D eigenvalue weighted by atomic mass is 10.2. The molecule has 22 heavy (non-hydrogen) atoms. The summed E-state index contributed by atoms with van der Waals surface area (Å²) >= 11 is 0. The number of carbonyl (C=O) groups is 1. The number of amides is 1. The van der Waals surface area contributed by atoms with Gasteiger partial charge in [0.15, 0.2) is 0 Å². The molecule has 0 radical (unpaired) electrons. The summed E-state index contributed by atoms with van der Waals surface area (Å²) in [6.07, 6.45) is 7.22. The summed E-state index contributed by atoms with van der Waals surface area (Å²) in [6.45, 7) is 2.29. The molecule has 0 bridgehead atoms. The minimum atomic E-state index is 0.256. The topological polar surface area (TPSA) is 38.1 Å². The van der Waals surface area contributed by atoms with E-state index in [9.17, 15) is 4.79 Å². The number of benzene rings is 1. The first-order chi connectivity index (χ1) is 10.8. The van der Waals surface area contributed by atoms with E-state index in [4.69, 9.17) is 4.98 Å². The number of aromatic nitrogens is 2. The maximum absolute atomic E-state index is 12.7. The van der Waals surface area contributed by atoms with Crippen LogP contribution < -0.4 is 0 Å². The van der Waals surface area contributed by atoms with E-state index in [-0.39, 0.29) is 5.91 Å². The number of imidazole rings is 1. The molecule has 1 aliphatic carbocycles. The minimum Gasteiger partial charge on any atom is -0.341 e. The lowest BCUT2D eigenvalue weighted by Crippen LogP contribution is -2.34. The van der Waals surface area contributed by atoms with Crippen LogP contribution in [0.3, 0.4) is 0 Å². The molecule has 0 unspecified atom stereocenters. The molecular weight excluding hydrogens is 274 g/mol. The SMILES string of the molecule is O=C(Cn1c(C2CC2)nc2ccccc21)N1CCCCCC1. The van der Waals surface area contributed by atoms with Crippen molar-refractivity contribution in [1.82, 2.24) is 14.5 Å². The van der Waals surface area contributed by atoms with E-state index in [1.807, 2.05) is 18.2 Å². The summed E-state index contributed by atoms with van der Waals surface area (Å²) < 4.78 is 2.17. The van der Waals surface area contributed by atoms with E-state index in [0.29, 0.717) is 12.5 Å². The second-order valence-electron chi connectivity index (χ2n) is 6.61. The highest BCUT2D eigenvalue weighted by atomic mass is 16.2. The number of hydrogen-bond acceptors (Lipinski definition) is 2. The Kier molecular flexibility index (Phi) is 3.60. The summed E-state index contributed by atoms with van der Waals surface area (Å²) in [5.41, 5.74) is 2.13. The zero-order valence-corrected chi connectivity index (χ0v) is 13.0. The third kappa shape index (κ3) is 2.62. The summed E-state index contributed by atoms with van der Waals surface area (Å²) in [4.78, 5) is 19.6. The average molecular weight is 297 g/mol. The molecule has 2 fully saturated rings. The fourth-order valence-electron chi connectivity index (χ4n) is 3.47. The van der Waals surface area contributed by atoms with E-state index >= 15 is 0 Å². The number of fused-ring (bicyclic) bond motifs is 1. The molecule has 2 aliphatic rings. The Balaban J connectivity index is 1.62. The second-order valence-corrected chi connectivity index (χ2v) is 6.61. The van der Waals surface area contributed by atoms with Gasteiger partial charge in [-0.15, -0.1) is 0 Å². The van der Waals surface area contributed by atoms with E-state index in [1.54, 1.807) is 0 Å². The lowest BCUT2D eigenvalue weighted by Gasteiger charge is -2.21. The van der Waals surface area contributed by atoms with E-state index < -0.39 is 0 Å². The highest BCUT2D eigenvalue weighted by molar-refractivity contribution is 5.81. The molecule has 1 aromatic carbocycles.